The zero-order chi connectivity index (χ0) is 10.5. The summed E-state index contributed by atoms with van der Waals surface area (Å²) in [7, 11) is 0. The fourth-order valence-corrected chi connectivity index (χ4v) is 1.77. The second-order valence-electron chi connectivity index (χ2n) is 3.93. The van der Waals surface area contributed by atoms with Gasteiger partial charge in [-0.2, -0.15) is 0 Å². The van der Waals surface area contributed by atoms with Gasteiger partial charge < -0.3 is 10.1 Å². The van der Waals surface area contributed by atoms with E-state index >= 15 is 0 Å². The molecule has 82 valence electrons. The Morgan fingerprint density at radius 2 is 2.20 bits per heavy atom. The highest BCUT2D eigenvalue weighted by atomic mass is 16.5. The van der Waals surface area contributed by atoms with Gasteiger partial charge in [-0.25, -0.2) is 4.98 Å². The Hall–Kier alpha value is -1.09. The molecule has 0 saturated carbocycles. The van der Waals surface area contributed by atoms with Gasteiger partial charge in [0.2, 0.25) is 5.88 Å². The van der Waals surface area contributed by atoms with Gasteiger partial charge in [0.1, 0.15) is 6.10 Å². The molecule has 0 atom stereocenters. The van der Waals surface area contributed by atoms with Gasteiger partial charge in [0.15, 0.2) is 0 Å². The van der Waals surface area contributed by atoms with Gasteiger partial charge in [-0.1, -0.05) is 13.0 Å². The van der Waals surface area contributed by atoms with Crippen molar-refractivity contribution in [3.63, 3.8) is 0 Å². The van der Waals surface area contributed by atoms with Crippen LogP contribution in [0.15, 0.2) is 18.3 Å². The van der Waals surface area contributed by atoms with Gasteiger partial charge in [-0.3, -0.25) is 0 Å². The molecular weight excluding hydrogens is 188 g/mol. The predicted molar refractivity (Wildman–Crippen MR) is 60.1 cm³/mol. The molecule has 0 spiro atoms. The molecule has 15 heavy (non-hydrogen) atoms. The second kappa shape index (κ2) is 5.12. The lowest BCUT2D eigenvalue weighted by Crippen LogP contribution is -2.34. The molecule has 0 unspecified atom stereocenters. The van der Waals surface area contributed by atoms with Crippen molar-refractivity contribution in [3.05, 3.63) is 23.9 Å². The van der Waals surface area contributed by atoms with Gasteiger partial charge in [0, 0.05) is 12.3 Å². The Morgan fingerprint density at radius 1 is 1.40 bits per heavy atom. The van der Waals surface area contributed by atoms with E-state index in [0.717, 1.165) is 38.2 Å². The molecule has 0 bridgehead atoms. The number of hydrogen-bond donors (Lipinski definition) is 1. The fraction of sp³-hybridized carbons (Fsp3) is 0.583. The minimum atomic E-state index is 0.339. The average molecular weight is 206 g/mol. The van der Waals surface area contributed by atoms with Gasteiger partial charge >= 0.3 is 0 Å². The molecule has 1 N–H and O–H groups in total. The number of piperidine rings is 1. The highest BCUT2D eigenvalue weighted by Crippen LogP contribution is 2.14. The Morgan fingerprint density at radius 3 is 2.80 bits per heavy atom. The third kappa shape index (κ3) is 2.93. The Labute approximate surface area is 90.9 Å². The molecule has 1 saturated heterocycles. The number of hydrogen-bond acceptors (Lipinski definition) is 3. The van der Waals surface area contributed by atoms with Crippen LogP contribution in [0.2, 0.25) is 0 Å². The molecule has 1 aliphatic heterocycles. The van der Waals surface area contributed by atoms with Gasteiger partial charge in [-0.15, -0.1) is 0 Å². The summed E-state index contributed by atoms with van der Waals surface area (Å²) in [5.41, 5.74) is 1.26. The Balaban J connectivity index is 1.91. The number of pyridine rings is 1. The van der Waals surface area contributed by atoms with E-state index in [0.29, 0.717) is 6.10 Å². The van der Waals surface area contributed by atoms with E-state index < -0.39 is 0 Å². The lowest BCUT2D eigenvalue weighted by atomic mass is 10.1. The smallest absolute Gasteiger partial charge is 0.213 e. The first-order valence-electron chi connectivity index (χ1n) is 5.71. The topological polar surface area (TPSA) is 34.1 Å². The van der Waals surface area contributed by atoms with Crippen molar-refractivity contribution in [2.45, 2.75) is 32.3 Å². The van der Waals surface area contributed by atoms with Crippen LogP contribution in [0.5, 0.6) is 5.88 Å². The first-order chi connectivity index (χ1) is 7.38. The normalized spacial score (nSPS) is 17.7. The maximum absolute atomic E-state index is 5.80. The van der Waals surface area contributed by atoms with E-state index in [1.807, 2.05) is 12.3 Å². The second-order valence-corrected chi connectivity index (χ2v) is 3.93. The summed E-state index contributed by atoms with van der Waals surface area (Å²) in [4.78, 5) is 4.30. The lowest BCUT2D eigenvalue weighted by Gasteiger charge is -2.23. The first kappa shape index (κ1) is 10.4. The maximum atomic E-state index is 5.80. The number of ether oxygens (including phenoxy) is 1. The number of nitrogens with zero attached hydrogens (tertiary/aromatic N) is 1. The summed E-state index contributed by atoms with van der Waals surface area (Å²) in [6.45, 7) is 4.24. The first-order valence-corrected chi connectivity index (χ1v) is 5.71. The molecule has 1 aliphatic rings. The van der Waals surface area contributed by atoms with Crippen molar-refractivity contribution in [3.8, 4) is 5.88 Å². The third-order valence-corrected chi connectivity index (χ3v) is 2.78. The van der Waals surface area contributed by atoms with Crippen LogP contribution in [-0.4, -0.2) is 24.2 Å². The number of rotatable bonds is 3. The van der Waals surface area contributed by atoms with Crippen molar-refractivity contribution >= 4 is 0 Å². The van der Waals surface area contributed by atoms with E-state index in [2.05, 4.69) is 23.3 Å². The summed E-state index contributed by atoms with van der Waals surface area (Å²) < 4.78 is 5.80. The molecule has 1 aromatic rings. The molecule has 0 aliphatic carbocycles. The SMILES string of the molecule is CCc1ccc(OC2CCNCC2)nc1. The third-order valence-electron chi connectivity index (χ3n) is 2.78. The molecule has 2 heterocycles. The van der Waals surface area contributed by atoms with Crippen LogP contribution in [0.4, 0.5) is 0 Å². The molecule has 2 rings (SSSR count). The van der Waals surface area contributed by atoms with Crippen LogP contribution < -0.4 is 10.1 Å². The number of aryl methyl sites for hydroxylation is 1. The molecule has 3 heteroatoms. The van der Waals surface area contributed by atoms with E-state index in [4.69, 9.17) is 4.74 Å². The number of aromatic nitrogens is 1. The predicted octanol–water partition coefficient (Wildman–Crippen LogP) is 1.77. The van der Waals surface area contributed by atoms with Gasteiger partial charge in [0.25, 0.3) is 0 Å². The average Bonchev–Trinajstić information content (AvgIpc) is 2.31. The molecular formula is C12H18N2O. The molecule has 0 aromatic carbocycles. The fourth-order valence-electron chi connectivity index (χ4n) is 1.77. The highest BCUT2D eigenvalue weighted by molar-refractivity contribution is 5.17. The van der Waals surface area contributed by atoms with Crippen molar-refractivity contribution < 1.29 is 4.74 Å². The maximum Gasteiger partial charge on any atom is 0.213 e. The van der Waals surface area contributed by atoms with E-state index in [1.165, 1.54) is 5.56 Å². The van der Waals surface area contributed by atoms with E-state index in [-0.39, 0.29) is 0 Å². The van der Waals surface area contributed by atoms with Crippen LogP contribution in [0.25, 0.3) is 0 Å². The van der Waals surface area contributed by atoms with E-state index in [1.54, 1.807) is 0 Å². The summed E-state index contributed by atoms with van der Waals surface area (Å²) in [5.74, 6) is 0.763. The van der Waals surface area contributed by atoms with Crippen molar-refractivity contribution in [1.29, 1.82) is 0 Å². The standard InChI is InChI=1S/C12H18N2O/c1-2-10-3-4-12(14-9-10)15-11-5-7-13-8-6-11/h3-4,9,11,13H,2,5-8H2,1H3. The minimum Gasteiger partial charge on any atom is -0.474 e. The summed E-state index contributed by atoms with van der Waals surface area (Å²) in [5, 5.41) is 3.32. The molecule has 0 amide bonds. The van der Waals surface area contributed by atoms with Gasteiger partial charge in [-0.05, 0) is 37.9 Å². The Bertz CT molecular complexity index is 291. The van der Waals surface area contributed by atoms with Crippen molar-refractivity contribution in [2.24, 2.45) is 0 Å². The quantitative estimate of drug-likeness (QED) is 0.818. The van der Waals surface area contributed by atoms with Crippen LogP contribution >= 0.6 is 0 Å². The van der Waals surface area contributed by atoms with Crippen LogP contribution in [0, 0.1) is 0 Å². The zero-order valence-corrected chi connectivity index (χ0v) is 9.20. The minimum absolute atomic E-state index is 0.339. The largest absolute Gasteiger partial charge is 0.474 e. The van der Waals surface area contributed by atoms with Crippen LogP contribution in [0.1, 0.15) is 25.3 Å². The monoisotopic (exact) mass is 206 g/mol. The Kier molecular flexibility index (Phi) is 3.56. The zero-order valence-electron chi connectivity index (χ0n) is 9.20. The summed E-state index contributed by atoms with van der Waals surface area (Å²) in [6, 6.07) is 4.06. The number of nitrogens with one attached hydrogen (secondary N) is 1. The van der Waals surface area contributed by atoms with Gasteiger partial charge in [0.05, 0.1) is 0 Å². The molecule has 1 aromatic heterocycles. The summed E-state index contributed by atoms with van der Waals surface area (Å²) in [6.07, 6.45) is 5.43. The summed E-state index contributed by atoms with van der Waals surface area (Å²) >= 11 is 0. The van der Waals surface area contributed by atoms with E-state index in [9.17, 15) is 0 Å². The lowest BCUT2D eigenvalue weighted by molar-refractivity contribution is 0.156. The van der Waals surface area contributed by atoms with Crippen molar-refractivity contribution in [1.82, 2.24) is 10.3 Å². The van der Waals surface area contributed by atoms with Crippen LogP contribution in [-0.2, 0) is 6.42 Å². The molecule has 0 radical (unpaired) electrons. The van der Waals surface area contributed by atoms with Crippen LogP contribution in [0.3, 0.4) is 0 Å². The molecule has 3 nitrogen and oxygen atoms in total. The van der Waals surface area contributed by atoms with Crippen molar-refractivity contribution in [2.75, 3.05) is 13.1 Å². The molecule has 1 fully saturated rings. The highest BCUT2D eigenvalue weighted by Gasteiger charge is 2.14.